The minimum atomic E-state index is -2.89. The fraction of sp³-hybridized carbons (Fsp3) is 0.500. The number of benzene rings is 1. The maximum atomic E-state index is 12.1. The molecule has 0 aromatic heterocycles. The Morgan fingerprint density at radius 1 is 1.30 bits per heavy atom. The molecule has 1 fully saturated rings. The summed E-state index contributed by atoms with van der Waals surface area (Å²) in [5.74, 6) is 0. The normalized spacial score (nSPS) is 16.9. The Morgan fingerprint density at radius 3 is 2.52 bits per heavy atom. The summed E-state index contributed by atoms with van der Waals surface area (Å²) < 4.78 is 33.8. The van der Waals surface area contributed by atoms with E-state index in [2.05, 4.69) is 10.8 Å². The van der Waals surface area contributed by atoms with E-state index < -0.39 is 18.1 Å². The van der Waals surface area contributed by atoms with Crippen molar-refractivity contribution in [1.82, 2.24) is 4.90 Å². The van der Waals surface area contributed by atoms with Crippen LogP contribution in [-0.4, -0.2) is 37.3 Å². The summed E-state index contributed by atoms with van der Waals surface area (Å²) in [6.45, 7) is -2.47. The summed E-state index contributed by atoms with van der Waals surface area (Å²) in [5.41, 5.74) is -0.0818. The maximum absolute atomic E-state index is 12.1. The number of nitriles is 1. The molecule has 1 heterocycles. The number of hydrogen-bond acceptors (Lipinski definition) is 4. The minimum absolute atomic E-state index is 0.175. The number of halogens is 2. The van der Waals surface area contributed by atoms with Crippen molar-refractivity contribution in [1.29, 1.82) is 5.26 Å². The Morgan fingerprint density at radius 2 is 1.96 bits per heavy atom. The molecule has 1 aliphatic rings. The quantitative estimate of drug-likeness (QED) is 0.834. The smallest absolute Gasteiger partial charge is 0.410 e. The highest BCUT2D eigenvalue weighted by Crippen LogP contribution is 2.32. The average Bonchev–Trinajstić information content (AvgIpc) is 2.59. The number of carbonyl (C=O) groups is 1. The van der Waals surface area contributed by atoms with Crippen LogP contribution in [0, 0.1) is 16.7 Å². The van der Waals surface area contributed by atoms with Crippen LogP contribution in [0.2, 0.25) is 0 Å². The number of likely N-dealkylation sites (tertiary alicyclic amines) is 1. The van der Waals surface area contributed by atoms with Gasteiger partial charge in [-0.25, -0.2) is 4.79 Å². The van der Waals surface area contributed by atoms with Crippen molar-refractivity contribution in [3.05, 3.63) is 35.9 Å². The molecule has 0 spiro atoms. The van der Waals surface area contributed by atoms with Crippen LogP contribution in [0.5, 0.6) is 0 Å². The van der Waals surface area contributed by atoms with Crippen molar-refractivity contribution in [2.24, 2.45) is 5.41 Å². The van der Waals surface area contributed by atoms with Crippen molar-refractivity contribution >= 4 is 6.09 Å². The van der Waals surface area contributed by atoms with E-state index in [4.69, 9.17) is 4.74 Å². The standard InChI is InChI=1S/C16H18F2N2O3/c17-14(18)23-12-16(11-19)6-8-20(9-7-16)15(21)22-10-13-4-2-1-3-5-13/h1-5,14H,6-10,12H2. The summed E-state index contributed by atoms with van der Waals surface area (Å²) >= 11 is 0. The predicted molar refractivity (Wildman–Crippen MR) is 77.4 cm³/mol. The third-order valence-electron chi connectivity index (χ3n) is 3.91. The Bertz CT molecular complexity index is 552. The highest BCUT2D eigenvalue weighted by molar-refractivity contribution is 5.67. The van der Waals surface area contributed by atoms with Gasteiger partial charge in [0.05, 0.1) is 18.1 Å². The Hall–Kier alpha value is -2.20. The molecule has 0 aliphatic carbocycles. The van der Waals surface area contributed by atoms with E-state index in [1.807, 2.05) is 30.3 Å². The molecule has 0 saturated carbocycles. The number of hydrogen-bond donors (Lipinski definition) is 0. The van der Waals surface area contributed by atoms with Gasteiger partial charge in [0.1, 0.15) is 6.61 Å². The molecule has 0 radical (unpaired) electrons. The van der Waals surface area contributed by atoms with Crippen molar-refractivity contribution < 1.29 is 23.0 Å². The van der Waals surface area contributed by atoms with Crippen LogP contribution >= 0.6 is 0 Å². The van der Waals surface area contributed by atoms with Gasteiger partial charge in [-0.05, 0) is 18.4 Å². The first-order valence-corrected chi connectivity index (χ1v) is 7.31. The first kappa shape index (κ1) is 17.2. The Kier molecular flexibility index (Phi) is 5.88. The minimum Gasteiger partial charge on any atom is -0.445 e. The molecule has 0 N–H and O–H groups in total. The van der Waals surface area contributed by atoms with E-state index in [-0.39, 0.29) is 39.1 Å². The fourth-order valence-corrected chi connectivity index (χ4v) is 2.44. The van der Waals surface area contributed by atoms with Gasteiger partial charge >= 0.3 is 12.7 Å². The maximum Gasteiger partial charge on any atom is 0.410 e. The van der Waals surface area contributed by atoms with Gasteiger partial charge in [0.2, 0.25) is 0 Å². The lowest BCUT2D eigenvalue weighted by Gasteiger charge is -2.36. The molecule has 23 heavy (non-hydrogen) atoms. The van der Waals surface area contributed by atoms with Gasteiger partial charge in [-0.1, -0.05) is 30.3 Å². The van der Waals surface area contributed by atoms with Gasteiger partial charge in [0.25, 0.3) is 0 Å². The molecule has 1 amide bonds. The molecule has 2 rings (SSSR count). The van der Waals surface area contributed by atoms with Gasteiger partial charge in [-0.15, -0.1) is 0 Å². The predicted octanol–water partition coefficient (Wildman–Crippen LogP) is 3.17. The Balaban J connectivity index is 1.81. The first-order chi connectivity index (χ1) is 11.0. The lowest BCUT2D eigenvalue weighted by Crippen LogP contribution is -2.44. The average molecular weight is 324 g/mol. The highest BCUT2D eigenvalue weighted by atomic mass is 19.3. The molecule has 0 atom stereocenters. The molecule has 1 aliphatic heterocycles. The van der Waals surface area contributed by atoms with Crippen LogP contribution in [0.1, 0.15) is 18.4 Å². The van der Waals surface area contributed by atoms with Crippen molar-refractivity contribution in [2.45, 2.75) is 26.1 Å². The first-order valence-electron chi connectivity index (χ1n) is 7.31. The van der Waals surface area contributed by atoms with Gasteiger partial charge in [0.15, 0.2) is 0 Å². The monoisotopic (exact) mass is 324 g/mol. The lowest BCUT2D eigenvalue weighted by atomic mass is 9.81. The second-order valence-electron chi connectivity index (χ2n) is 5.49. The number of alkyl halides is 2. The number of carbonyl (C=O) groups excluding carboxylic acids is 1. The zero-order valence-corrected chi connectivity index (χ0v) is 12.6. The summed E-state index contributed by atoms with van der Waals surface area (Å²) in [4.78, 5) is 13.5. The number of piperidine rings is 1. The van der Waals surface area contributed by atoms with Crippen LogP contribution in [-0.2, 0) is 16.1 Å². The Labute approximate surface area is 133 Å². The summed E-state index contributed by atoms with van der Waals surface area (Å²) in [5, 5.41) is 9.22. The summed E-state index contributed by atoms with van der Waals surface area (Å²) in [6.07, 6.45) is 0.114. The van der Waals surface area contributed by atoms with Crippen LogP contribution < -0.4 is 0 Å². The van der Waals surface area contributed by atoms with Crippen molar-refractivity contribution in [3.8, 4) is 6.07 Å². The highest BCUT2D eigenvalue weighted by Gasteiger charge is 2.37. The van der Waals surface area contributed by atoms with E-state index in [1.165, 1.54) is 4.90 Å². The largest absolute Gasteiger partial charge is 0.445 e. The molecular weight excluding hydrogens is 306 g/mol. The molecule has 0 bridgehead atoms. The van der Waals surface area contributed by atoms with Crippen LogP contribution in [0.15, 0.2) is 30.3 Å². The zero-order valence-electron chi connectivity index (χ0n) is 12.6. The summed E-state index contributed by atoms with van der Waals surface area (Å²) in [6, 6.07) is 11.3. The van der Waals surface area contributed by atoms with Crippen molar-refractivity contribution in [2.75, 3.05) is 19.7 Å². The van der Waals surface area contributed by atoms with Gasteiger partial charge < -0.3 is 14.4 Å². The van der Waals surface area contributed by atoms with Crippen LogP contribution in [0.25, 0.3) is 0 Å². The lowest BCUT2D eigenvalue weighted by molar-refractivity contribution is -0.149. The molecular formula is C16H18F2N2O3. The third-order valence-corrected chi connectivity index (χ3v) is 3.91. The van der Waals surface area contributed by atoms with Crippen molar-refractivity contribution in [3.63, 3.8) is 0 Å². The summed E-state index contributed by atoms with van der Waals surface area (Å²) in [7, 11) is 0. The molecule has 1 saturated heterocycles. The molecule has 124 valence electrons. The van der Waals surface area contributed by atoms with Crippen LogP contribution in [0.4, 0.5) is 13.6 Å². The zero-order chi connectivity index (χ0) is 16.7. The van der Waals surface area contributed by atoms with Gasteiger partial charge in [0, 0.05) is 13.1 Å². The second kappa shape index (κ2) is 7.88. The SMILES string of the molecule is N#CC1(COC(F)F)CCN(C(=O)OCc2ccccc2)CC1. The van der Waals surface area contributed by atoms with Gasteiger partial charge in [-0.2, -0.15) is 14.0 Å². The number of amides is 1. The number of ether oxygens (including phenoxy) is 2. The van der Waals surface area contributed by atoms with E-state index in [1.54, 1.807) is 0 Å². The number of rotatable bonds is 5. The second-order valence-corrected chi connectivity index (χ2v) is 5.49. The molecule has 1 aromatic carbocycles. The molecule has 1 aromatic rings. The molecule has 5 nitrogen and oxygen atoms in total. The molecule has 0 unspecified atom stereocenters. The van der Waals surface area contributed by atoms with Crippen LogP contribution in [0.3, 0.4) is 0 Å². The van der Waals surface area contributed by atoms with E-state index in [0.717, 1.165) is 5.56 Å². The molecule has 7 heteroatoms. The fourth-order valence-electron chi connectivity index (χ4n) is 2.44. The topological polar surface area (TPSA) is 62.6 Å². The van der Waals surface area contributed by atoms with E-state index in [9.17, 15) is 18.8 Å². The van der Waals surface area contributed by atoms with E-state index in [0.29, 0.717) is 0 Å². The van der Waals surface area contributed by atoms with E-state index >= 15 is 0 Å². The third kappa shape index (κ3) is 4.89. The number of nitrogens with zero attached hydrogens (tertiary/aromatic N) is 2. The van der Waals surface area contributed by atoms with Gasteiger partial charge in [-0.3, -0.25) is 0 Å².